The van der Waals surface area contributed by atoms with E-state index in [1.165, 1.54) is 9.75 Å². The number of halogens is 2. The molecule has 0 aliphatic rings. The molecule has 1 nitrogen and oxygen atoms in total. The lowest BCUT2D eigenvalue weighted by Gasteiger charge is -2.15. The van der Waals surface area contributed by atoms with E-state index in [1.54, 1.807) is 6.07 Å². The van der Waals surface area contributed by atoms with E-state index in [-0.39, 0.29) is 5.41 Å². The summed E-state index contributed by atoms with van der Waals surface area (Å²) in [5, 5.41) is 4.91. The molecule has 0 aliphatic carbocycles. The molecular formula is C17H21Cl2NS. The van der Waals surface area contributed by atoms with Crippen molar-refractivity contribution in [1.82, 2.24) is 5.32 Å². The van der Waals surface area contributed by atoms with Gasteiger partial charge in [-0.15, -0.1) is 11.3 Å². The molecule has 1 aromatic heterocycles. The Kier molecular flexibility index (Phi) is 5.73. The molecule has 0 aliphatic heterocycles. The van der Waals surface area contributed by atoms with Crippen LogP contribution < -0.4 is 5.32 Å². The van der Waals surface area contributed by atoms with E-state index in [0.29, 0.717) is 5.02 Å². The Morgan fingerprint density at radius 3 is 2.48 bits per heavy atom. The average molecular weight is 342 g/mol. The molecule has 4 heteroatoms. The first kappa shape index (κ1) is 16.8. The number of hydrogen-bond acceptors (Lipinski definition) is 2. The van der Waals surface area contributed by atoms with E-state index in [9.17, 15) is 0 Å². The second-order valence-electron chi connectivity index (χ2n) is 6.18. The molecule has 114 valence electrons. The fourth-order valence-electron chi connectivity index (χ4n) is 2.04. The number of nitrogens with one attached hydrogen (secondary N) is 1. The largest absolute Gasteiger partial charge is 0.312 e. The number of benzene rings is 1. The summed E-state index contributed by atoms with van der Waals surface area (Å²) in [4.78, 5) is 2.81. The molecule has 0 bridgehead atoms. The first-order chi connectivity index (χ1) is 9.86. The molecule has 2 rings (SSSR count). The molecule has 0 spiro atoms. The Labute approximate surface area is 141 Å². The standard InChI is InChI=1S/C17H21Cl2NS/c1-17(2,3)16-7-6-14(21-16)11-20-9-8-12-4-5-13(18)10-15(12)19/h4-7,10,20H,8-9,11H2,1-3H3. The van der Waals surface area contributed by atoms with Crippen LogP contribution in [-0.2, 0) is 18.4 Å². The second kappa shape index (κ2) is 7.15. The smallest absolute Gasteiger partial charge is 0.0453 e. The molecule has 1 N–H and O–H groups in total. The molecule has 1 aromatic carbocycles. The molecule has 0 saturated heterocycles. The van der Waals surface area contributed by atoms with E-state index in [4.69, 9.17) is 23.2 Å². The van der Waals surface area contributed by atoms with Crippen LogP contribution in [0.5, 0.6) is 0 Å². The van der Waals surface area contributed by atoms with E-state index in [0.717, 1.165) is 30.1 Å². The number of hydrogen-bond donors (Lipinski definition) is 1. The van der Waals surface area contributed by atoms with E-state index in [1.807, 2.05) is 23.5 Å². The van der Waals surface area contributed by atoms with Gasteiger partial charge < -0.3 is 5.32 Å². The highest BCUT2D eigenvalue weighted by molar-refractivity contribution is 7.12. The van der Waals surface area contributed by atoms with Crippen molar-refractivity contribution in [3.8, 4) is 0 Å². The minimum absolute atomic E-state index is 0.236. The van der Waals surface area contributed by atoms with Gasteiger partial charge in [0.1, 0.15) is 0 Å². The van der Waals surface area contributed by atoms with Gasteiger partial charge in [-0.05, 0) is 48.2 Å². The van der Waals surface area contributed by atoms with Gasteiger partial charge in [0.2, 0.25) is 0 Å². The fraction of sp³-hybridized carbons (Fsp3) is 0.412. The normalized spacial score (nSPS) is 11.9. The summed E-state index contributed by atoms with van der Waals surface area (Å²) in [6.45, 7) is 8.56. The molecule has 0 atom stereocenters. The van der Waals surface area contributed by atoms with Gasteiger partial charge in [-0.1, -0.05) is 50.0 Å². The molecule has 0 unspecified atom stereocenters. The first-order valence-corrected chi connectivity index (χ1v) is 8.67. The lowest BCUT2D eigenvalue weighted by atomic mass is 9.95. The summed E-state index contributed by atoms with van der Waals surface area (Å²) in [5.41, 5.74) is 1.37. The maximum absolute atomic E-state index is 6.17. The SMILES string of the molecule is CC(C)(C)c1ccc(CNCCc2ccc(Cl)cc2Cl)s1. The van der Waals surface area contributed by atoms with Crippen LogP contribution in [0.2, 0.25) is 10.0 Å². The maximum atomic E-state index is 6.17. The third-order valence-electron chi connectivity index (χ3n) is 3.29. The molecule has 0 fully saturated rings. The van der Waals surface area contributed by atoms with Gasteiger partial charge in [-0.2, -0.15) is 0 Å². The molecule has 2 aromatic rings. The highest BCUT2D eigenvalue weighted by Crippen LogP contribution is 2.29. The molecule has 0 saturated carbocycles. The number of thiophene rings is 1. The van der Waals surface area contributed by atoms with Crippen molar-refractivity contribution < 1.29 is 0 Å². The predicted molar refractivity (Wildman–Crippen MR) is 94.9 cm³/mol. The Morgan fingerprint density at radius 2 is 1.86 bits per heavy atom. The third-order valence-corrected chi connectivity index (χ3v) is 5.38. The minimum Gasteiger partial charge on any atom is -0.312 e. The van der Waals surface area contributed by atoms with Crippen LogP contribution in [0.1, 0.15) is 36.1 Å². The quantitative estimate of drug-likeness (QED) is 0.689. The van der Waals surface area contributed by atoms with Gasteiger partial charge in [0.05, 0.1) is 0 Å². The monoisotopic (exact) mass is 341 g/mol. The summed E-state index contributed by atoms with van der Waals surface area (Å²) in [6.07, 6.45) is 0.910. The predicted octanol–water partition coefficient (Wildman–Crippen LogP) is 5.68. The maximum Gasteiger partial charge on any atom is 0.0453 e. The van der Waals surface area contributed by atoms with Crippen molar-refractivity contribution in [3.63, 3.8) is 0 Å². The topological polar surface area (TPSA) is 12.0 Å². The zero-order chi connectivity index (χ0) is 15.5. The van der Waals surface area contributed by atoms with E-state index in [2.05, 4.69) is 38.2 Å². The van der Waals surface area contributed by atoms with Crippen molar-refractivity contribution in [1.29, 1.82) is 0 Å². The first-order valence-electron chi connectivity index (χ1n) is 7.10. The van der Waals surface area contributed by atoms with Crippen LogP contribution >= 0.6 is 34.5 Å². The summed E-state index contributed by atoms with van der Waals surface area (Å²) >= 11 is 14.0. The van der Waals surface area contributed by atoms with Gasteiger partial charge in [0, 0.05) is 26.3 Å². The highest BCUT2D eigenvalue weighted by atomic mass is 35.5. The Bertz CT molecular complexity index is 599. The van der Waals surface area contributed by atoms with Crippen molar-refractivity contribution in [2.24, 2.45) is 0 Å². The Morgan fingerprint density at radius 1 is 1.10 bits per heavy atom. The molecule has 1 heterocycles. The van der Waals surface area contributed by atoms with Gasteiger partial charge in [-0.3, -0.25) is 0 Å². The van der Waals surface area contributed by atoms with Gasteiger partial charge >= 0.3 is 0 Å². The van der Waals surface area contributed by atoms with Gasteiger partial charge in [0.25, 0.3) is 0 Å². The Balaban J connectivity index is 1.81. The van der Waals surface area contributed by atoms with Gasteiger partial charge in [-0.25, -0.2) is 0 Å². The zero-order valence-corrected chi connectivity index (χ0v) is 15.0. The molecule has 0 amide bonds. The van der Waals surface area contributed by atoms with Crippen LogP contribution in [0, 0.1) is 0 Å². The zero-order valence-electron chi connectivity index (χ0n) is 12.7. The lowest BCUT2D eigenvalue weighted by Crippen LogP contribution is -2.16. The van der Waals surface area contributed by atoms with Crippen molar-refractivity contribution >= 4 is 34.5 Å². The van der Waals surface area contributed by atoms with Gasteiger partial charge in [0.15, 0.2) is 0 Å². The van der Waals surface area contributed by atoms with Crippen LogP contribution in [0.4, 0.5) is 0 Å². The summed E-state index contributed by atoms with van der Waals surface area (Å²) in [6, 6.07) is 10.1. The van der Waals surface area contributed by atoms with Crippen LogP contribution in [-0.4, -0.2) is 6.54 Å². The minimum atomic E-state index is 0.236. The summed E-state index contributed by atoms with van der Waals surface area (Å²) < 4.78 is 0. The molecule has 21 heavy (non-hydrogen) atoms. The van der Waals surface area contributed by atoms with Crippen LogP contribution in [0.3, 0.4) is 0 Å². The second-order valence-corrected chi connectivity index (χ2v) is 8.19. The van der Waals surface area contributed by atoms with Crippen molar-refractivity contribution in [3.05, 3.63) is 55.7 Å². The third kappa shape index (κ3) is 5.00. The average Bonchev–Trinajstić information content (AvgIpc) is 2.85. The Hall–Kier alpha value is -0.540. The van der Waals surface area contributed by atoms with Crippen LogP contribution in [0.25, 0.3) is 0 Å². The van der Waals surface area contributed by atoms with Crippen molar-refractivity contribution in [2.45, 2.75) is 39.2 Å². The molecular weight excluding hydrogens is 321 g/mol. The lowest BCUT2D eigenvalue weighted by molar-refractivity contribution is 0.604. The number of rotatable bonds is 5. The fourth-order valence-corrected chi connectivity index (χ4v) is 3.57. The summed E-state index contributed by atoms with van der Waals surface area (Å²) in [7, 11) is 0. The van der Waals surface area contributed by atoms with E-state index >= 15 is 0 Å². The van der Waals surface area contributed by atoms with E-state index < -0.39 is 0 Å². The van der Waals surface area contributed by atoms with Crippen LogP contribution in [0.15, 0.2) is 30.3 Å². The van der Waals surface area contributed by atoms with Crippen molar-refractivity contribution in [2.75, 3.05) is 6.54 Å². The molecule has 0 radical (unpaired) electrons. The highest BCUT2D eigenvalue weighted by Gasteiger charge is 2.15. The summed E-state index contributed by atoms with van der Waals surface area (Å²) in [5.74, 6) is 0.